The van der Waals surface area contributed by atoms with E-state index < -0.39 is 16.8 Å². The molecule has 108 valence electrons. The summed E-state index contributed by atoms with van der Waals surface area (Å²) < 4.78 is 0. The van der Waals surface area contributed by atoms with Crippen molar-refractivity contribution in [1.82, 2.24) is 4.90 Å². The summed E-state index contributed by atoms with van der Waals surface area (Å²) in [5.74, 6) is -1.50. The van der Waals surface area contributed by atoms with Gasteiger partial charge in [-0.05, 0) is 18.6 Å². The van der Waals surface area contributed by atoms with Crippen LogP contribution in [-0.2, 0) is 4.79 Å². The molecule has 20 heavy (non-hydrogen) atoms. The lowest BCUT2D eigenvalue weighted by atomic mass is 10.1. The molecule has 1 amide bonds. The van der Waals surface area contributed by atoms with E-state index >= 15 is 0 Å². The summed E-state index contributed by atoms with van der Waals surface area (Å²) in [6.07, 6.45) is 0.208. The maximum atomic E-state index is 12.1. The Morgan fingerprint density at radius 2 is 2.10 bits per heavy atom. The Balaban J connectivity index is 2.86. The van der Waals surface area contributed by atoms with Crippen molar-refractivity contribution in [3.8, 4) is 0 Å². The van der Waals surface area contributed by atoms with Gasteiger partial charge in [0.15, 0.2) is 0 Å². The van der Waals surface area contributed by atoms with E-state index in [1.807, 2.05) is 0 Å². The lowest BCUT2D eigenvalue weighted by molar-refractivity contribution is -0.385. The summed E-state index contributed by atoms with van der Waals surface area (Å²) in [5, 5.41) is 19.6. The van der Waals surface area contributed by atoms with Crippen molar-refractivity contribution in [2.75, 3.05) is 13.6 Å². The van der Waals surface area contributed by atoms with Crippen molar-refractivity contribution >= 4 is 29.2 Å². The fraction of sp³-hybridized carbons (Fsp3) is 0.333. The number of nitro groups is 1. The third-order valence-corrected chi connectivity index (χ3v) is 2.85. The molecule has 0 aliphatic heterocycles. The Labute approximate surface area is 119 Å². The average Bonchev–Trinajstić information content (AvgIpc) is 2.37. The van der Waals surface area contributed by atoms with Gasteiger partial charge < -0.3 is 10.0 Å². The molecule has 0 bridgehead atoms. The van der Waals surface area contributed by atoms with Crippen LogP contribution in [0.2, 0.25) is 5.02 Å². The van der Waals surface area contributed by atoms with E-state index in [-0.39, 0.29) is 35.7 Å². The Morgan fingerprint density at radius 3 is 2.65 bits per heavy atom. The maximum Gasteiger partial charge on any atom is 0.303 e. The smallest absolute Gasteiger partial charge is 0.303 e. The molecule has 0 aliphatic rings. The molecule has 0 unspecified atom stereocenters. The van der Waals surface area contributed by atoms with Crippen molar-refractivity contribution in [1.29, 1.82) is 0 Å². The number of halogens is 1. The first-order chi connectivity index (χ1) is 9.32. The first-order valence-electron chi connectivity index (χ1n) is 5.74. The number of carbonyl (C=O) groups is 2. The number of amides is 1. The van der Waals surface area contributed by atoms with Crippen LogP contribution >= 0.6 is 11.6 Å². The van der Waals surface area contributed by atoms with E-state index in [2.05, 4.69) is 0 Å². The zero-order valence-electron chi connectivity index (χ0n) is 10.7. The normalized spacial score (nSPS) is 10.1. The van der Waals surface area contributed by atoms with E-state index in [0.29, 0.717) is 0 Å². The van der Waals surface area contributed by atoms with Crippen LogP contribution in [0.5, 0.6) is 0 Å². The lowest BCUT2D eigenvalue weighted by Crippen LogP contribution is -2.28. The number of aliphatic carboxylic acids is 1. The molecule has 0 aliphatic carbocycles. The fourth-order valence-corrected chi connectivity index (χ4v) is 1.78. The molecule has 0 fully saturated rings. The molecule has 0 saturated carbocycles. The largest absolute Gasteiger partial charge is 0.481 e. The van der Waals surface area contributed by atoms with Crippen molar-refractivity contribution in [2.24, 2.45) is 0 Å². The van der Waals surface area contributed by atoms with Gasteiger partial charge in [0, 0.05) is 31.1 Å². The van der Waals surface area contributed by atoms with Crippen LogP contribution in [0.15, 0.2) is 18.2 Å². The predicted molar refractivity (Wildman–Crippen MR) is 71.9 cm³/mol. The second-order valence-corrected chi connectivity index (χ2v) is 4.58. The summed E-state index contributed by atoms with van der Waals surface area (Å²) >= 11 is 5.67. The number of benzene rings is 1. The van der Waals surface area contributed by atoms with Crippen LogP contribution in [0.4, 0.5) is 5.69 Å². The maximum absolute atomic E-state index is 12.1. The summed E-state index contributed by atoms with van der Waals surface area (Å²) in [7, 11) is 1.46. The van der Waals surface area contributed by atoms with Crippen LogP contribution in [0.25, 0.3) is 0 Å². The topological polar surface area (TPSA) is 101 Å². The molecule has 1 aromatic carbocycles. The molecule has 0 spiro atoms. The molecule has 1 rings (SSSR count). The highest BCUT2D eigenvalue weighted by Gasteiger charge is 2.23. The van der Waals surface area contributed by atoms with Gasteiger partial charge in [-0.3, -0.25) is 19.7 Å². The van der Waals surface area contributed by atoms with E-state index in [0.717, 1.165) is 6.07 Å². The van der Waals surface area contributed by atoms with Crippen molar-refractivity contribution in [3.63, 3.8) is 0 Å². The van der Waals surface area contributed by atoms with Gasteiger partial charge in [-0.1, -0.05) is 11.6 Å². The Bertz CT molecular complexity index is 547. The zero-order chi connectivity index (χ0) is 15.3. The molecule has 0 atom stereocenters. The minimum Gasteiger partial charge on any atom is -0.481 e. The van der Waals surface area contributed by atoms with Gasteiger partial charge in [0.25, 0.3) is 11.6 Å². The van der Waals surface area contributed by atoms with Crippen LogP contribution in [0.1, 0.15) is 23.2 Å². The Kier molecular flexibility index (Phi) is 5.45. The predicted octanol–water partition coefficient (Wildman–Crippen LogP) is 2.18. The van der Waals surface area contributed by atoms with Gasteiger partial charge in [-0.2, -0.15) is 0 Å². The van der Waals surface area contributed by atoms with Gasteiger partial charge in [0.05, 0.1) is 4.92 Å². The van der Waals surface area contributed by atoms with Gasteiger partial charge in [0.1, 0.15) is 5.56 Å². The molecule has 1 N–H and O–H groups in total. The lowest BCUT2D eigenvalue weighted by Gasteiger charge is -2.16. The van der Waals surface area contributed by atoms with Crippen LogP contribution in [-0.4, -0.2) is 40.4 Å². The summed E-state index contributed by atoms with van der Waals surface area (Å²) in [5.41, 5.74) is -0.440. The second-order valence-electron chi connectivity index (χ2n) is 4.14. The van der Waals surface area contributed by atoms with E-state index in [9.17, 15) is 19.7 Å². The van der Waals surface area contributed by atoms with Crippen molar-refractivity contribution < 1.29 is 19.6 Å². The molecule has 0 radical (unpaired) electrons. The summed E-state index contributed by atoms with van der Waals surface area (Å²) in [6.45, 7) is 0.199. The highest BCUT2D eigenvalue weighted by atomic mass is 35.5. The minimum atomic E-state index is -0.955. The van der Waals surface area contributed by atoms with Gasteiger partial charge >= 0.3 is 5.97 Å². The van der Waals surface area contributed by atoms with Crippen molar-refractivity contribution in [3.05, 3.63) is 38.9 Å². The van der Waals surface area contributed by atoms with E-state index in [1.165, 1.54) is 24.1 Å². The van der Waals surface area contributed by atoms with Gasteiger partial charge in [0.2, 0.25) is 0 Å². The summed E-state index contributed by atoms with van der Waals surface area (Å²) in [4.78, 5) is 34.0. The molecule has 8 heteroatoms. The van der Waals surface area contributed by atoms with Crippen LogP contribution < -0.4 is 0 Å². The van der Waals surface area contributed by atoms with E-state index in [1.54, 1.807) is 0 Å². The third-order valence-electron chi connectivity index (χ3n) is 2.62. The van der Waals surface area contributed by atoms with Crippen LogP contribution in [0.3, 0.4) is 0 Å². The van der Waals surface area contributed by atoms with Gasteiger partial charge in [-0.15, -0.1) is 0 Å². The second kappa shape index (κ2) is 6.85. The number of carboxylic acid groups (broad SMARTS) is 1. The Hall–Kier alpha value is -2.15. The quantitative estimate of drug-likeness (QED) is 0.641. The molecular weight excluding hydrogens is 288 g/mol. The number of carboxylic acids is 1. The minimum absolute atomic E-state index is 0.0691. The molecule has 0 saturated heterocycles. The first kappa shape index (κ1) is 15.9. The first-order valence-corrected chi connectivity index (χ1v) is 6.12. The fourth-order valence-electron chi connectivity index (χ4n) is 1.61. The number of hydrogen-bond donors (Lipinski definition) is 1. The molecular formula is C12H13ClN2O5. The molecule has 0 heterocycles. The van der Waals surface area contributed by atoms with E-state index in [4.69, 9.17) is 16.7 Å². The van der Waals surface area contributed by atoms with Gasteiger partial charge in [-0.25, -0.2) is 0 Å². The van der Waals surface area contributed by atoms with Crippen LogP contribution in [0, 0.1) is 10.1 Å². The summed E-state index contributed by atoms with van der Waals surface area (Å²) in [6, 6.07) is 3.79. The number of rotatable bonds is 6. The molecule has 7 nitrogen and oxygen atoms in total. The Morgan fingerprint density at radius 1 is 1.45 bits per heavy atom. The monoisotopic (exact) mass is 300 g/mol. The standard InChI is InChI=1S/C12H13ClN2O5/c1-14(6-2-3-11(16)17)12(18)9-5-4-8(13)7-10(9)15(19)20/h4-5,7H,2-3,6H2,1H3,(H,16,17). The SMILES string of the molecule is CN(CCCC(=O)O)C(=O)c1ccc(Cl)cc1[N+](=O)[O-]. The third kappa shape index (κ3) is 4.20. The number of nitro benzene ring substituents is 1. The molecule has 0 aromatic heterocycles. The highest BCUT2D eigenvalue weighted by Crippen LogP contribution is 2.24. The average molecular weight is 301 g/mol. The number of nitrogens with zero attached hydrogens (tertiary/aromatic N) is 2. The number of carbonyl (C=O) groups excluding carboxylic acids is 1. The van der Waals surface area contributed by atoms with Crippen molar-refractivity contribution in [2.45, 2.75) is 12.8 Å². The zero-order valence-corrected chi connectivity index (χ0v) is 11.5. The molecule has 1 aromatic rings. The highest BCUT2D eigenvalue weighted by molar-refractivity contribution is 6.31. The number of hydrogen-bond acceptors (Lipinski definition) is 4.